The Hall–Kier alpha value is -0.820. The van der Waals surface area contributed by atoms with Crippen molar-refractivity contribution in [2.45, 2.75) is 32.4 Å². The van der Waals surface area contributed by atoms with Gasteiger partial charge in [0, 0.05) is 23.2 Å². The second-order valence-corrected chi connectivity index (χ2v) is 7.08. The molecule has 0 aliphatic carbocycles. The standard InChI is InChI=1S/C15H21IN2O2/c1-15(2,3)20-14(19)18-9-8-17-10-13(18)11-6-4-5-7-12(11)16/h4-7,13,17H,8-10H2,1-3H3. The van der Waals surface area contributed by atoms with Crippen LogP contribution in [0.4, 0.5) is 4.79 Å². The molecule has 0 aromatic heterocycles. The van der Waals surface area contributed by atoms with Gasteiger partial charge in [-0.05, 0) is 55.0 Å². The third-order valence-electron chi connectivity index (χ3n) is 3.14. The molecule has 1 heterocycles. The predicted molar refractivity (Wildman–Crippen MR) is 87.7 cm³/mol. The summed E-state index contributed by atoms with van der Waals surface area (Å²) < 4.78 is 6.70. The zero-order valence-corrected chi connectivity index (χ0v) is 14.3. The molecule has 20 heavy (non-hydrogen) atoms. The van der Waals surface area contributed by atoms with Crippen molar-refractivity contribution < 1.29 is 9.53 Å². The van der Waals surface area contributed by atoms with Crippen LogP contribution >= 0.6 is 22.6 Å². The van der Waals surface area contributed by atoms with Crippen molar-refractivity contribution >= 4 is 28.7 Å². The van der Waals surface area contributed by atoms with E-state index in [-0.39, 0.29) is 12.1 Å². The summed E-state index contributed by atoms with van der Waals surface area (Å²) in [5.41, 5.74) is 0.710. The summed E-state index contributed by atoms with van der Waals surface area (Å²) >= 11 is 2.32. The third-order valence-corrected chi connectivity index (χ3v) is 4.12. The van der Waals surface area contributed by atoms with Gasteiger partial charge in [-0.1, -0.05) is 18.2 Å². The maximum absolute atomic E-state index is 12.4. The van der Waals surface area contributed by atoms with E-state index in [2.05, 4.69) is 40.0 Å². The Kier molecular flexibility index (Phi) is 4.90. The van der Waals surface area contributed by atoms with E-state index < -0.39 is 5.60 Å². The lowest BCUT2D eigenvalue weighted by Crippen LogP contribution is -2.50. The van der Waals surface area contributed by atoms with Gasteiger partial charge in [-0.15, -0.1) is 0 Å². The van der Waals surface area contributed by atoms with Gasteiger partial charge in [0.25, 0.3) is 0 Å². The van der Waals surface area contributed by atoms with Crippen LogP contribution in [0.25, 0.3) is 0 Å². The number of piperazine rings is 1. The lowest BCUT2D eigenvalue weighted by Gasteiger charge is -2.37. The van der Waals surface area contributed by atoms with Gasteiger partial charge in [0.05, 0.1) is 6.04 Å². The summed E-state index contributed by atoms with van der Waals surface area (Å²) in [6.45, 7) is 7.93. The maximum Gasteiger partial charge on any atom is 0.410 e. The number of carbonyl (C=O) groups is 1. The van der Waals surface area contributed by atoms with Crippen LogP contribution in [-0.2, 0) is 4.74 Å². The van der Waals surface area contributed by atoms with Crippen LogP contribution in [0, 0.1) is 3.57 Å². The number of benzene rings is 1. The average Bonchev–Trinajstić information content (AvgIpc) is 2.37. The molecular formula is C15H21IN2O2. The van der Waals surface area contributed by atoms with E-state index in [1.165, 1.54) is 9.13 Å². The number of halogens is 1. The van der Waals surface area contributed by atoms with Crippen molar-refractivity contribution in [3.63, 3.8) is 0 Å². The number of hydrogen-bond donors (Lipinski definition) is 1. The summed E-state index contributed by atoms with van der Waals surface area (Å²) in [6.07, 6.45) is -0.233. The van der Waals surface area contributed by atoms with Gasteiger partial charge < -0.3 is 10.1 Å². The Morgan fingerprint density at radius 3 is 2.75 bits per heavy atom. The molecule has 110 valence electrons. The molecule has 1 amide bonds. The summed E-state index contributed by atoms with van der Waals surface area (Å²) in [5.74, 6) is 0. The molecule has 0 saturated carbocycles. The Labute approximate surface area is 134 Å². The molecule has 2 rings (SSSR count). The molecule has 1 fully saturated rings. The zero-order valence-electron chi connectivity index (χ0n) is 12.1. The highest BCUT2D eigenvalue weighted by Crippen LogP contribution is 2.27. The van der Waals surface area contributed by atoms with Gasteiger partial charge in [0.1, 0.15) is 5.60 Å². The minimum Gasteiger partial charge on any atom is -0.444 e. The lowest BCUT2D eigenvalue weighted by atomic mass is 10.0. The molecule has 1 aromatic rings. The molecule has 1 aliphatic heterocycles. The number of nitrogens with one attached hydrogen (secondary N) is 1. The first kappa shape index (κ1) is 15.6. The van der Waals surface area contributed by atoms with E-state index >= 15 is 0 Å². The molecule has 4 nitrogen and oxygen atoms in total. The highest BCUT2D eigenvalue weighted by molar-refractivity contribution is 14.1. The Morgan fingerprint density at radius 2 is 2.10 bits per heavy atom. The number of ether oxygens (including phenoxy) is 1. The highest BCUT2D eigenvalue weighted by atomic mass is 127. The number of rotatable bonds is 1. The van der Waals surface area contributed by atoms with Crippen molar-refractivity contribution in [3.8, 4) is 0 Å². The van der Waals surface area contributed by atoms with E-state index in [0.29, 0.717) is 6.54 Å². The number of carbonyl (C=O) groups excluding carboxylic acids is 1. The topological polar surface area (TPSA) is 41.6 Å². The van der Waals surface area contributed by atoms with Crippen LogP contribution in [0.2, 0.25) is 0 Å². The summed E-state index contributed by atoms with van der Waals surface area (Å²) in [6, 6.07) is 8.21. The molecular weight excluding hydrogens is 367 g/mol. The van der Waals surface area contributed by atoms with Crippen LogP contribution in [-0.4, -0.2) is 36.2 Å². The molecule has 0 spiro atoms. The Bertz CT molecular complexity index is 485. The smallest absolute Gasteiger partial charge is 0.410 e. The fourth-order valence-electron chi connectivity index (χ4n) is 2.27. The second kappa shape index (κ2) is 6.30. The van der Waals surface area contributed by atoms with E-state index in [4.69, 9.17) is 4.74 Å². The average molecular weight is 388 g/mol. The SMILES string of the molecule is CC(C)(C)OC(=O)N1CCNCC1c1ccccc1I. The molecule has 0 radical (unpaired) electrons. The van der Waals surface area contributed by atoms with Crippen molar-refractivity contribution in [1.82, 2.24) is 10.2 Å². The van der Waals surface area contributed by atoms with Crippen LogP contribution in [0.5, 0.6) is 0 Å². The molecule has 1 unspecified atom stereocenters. The lowest BCUT2D eigenvalue weighted by molar-refractivity contribution is 0.0117. The first-order chi connectivity index (χ1) is 9.38. The van der Waals surface area contributed by atoms with Crippen molar-refractivity contribution in [2.24, 2.45) is 0 Å². The largest absolute Gasteiger partial charge is 0.444 e. The quantitative estimate of drug-likeness (QED) is 0.752. The highest BCUT2D eigenvalue weighted by Gasteiger charge is 2.32. The van der Waals surface area contributed by atoms with E-state index in [1.54, 1.807) is 0 Å². The second-order valence-electron chi connectivity index (χ2n) is 5.92. The zero-order chi connectivity index (χ0) is 14.8. The minimum atomic E-state index is -0.462. The van der Waals surface area contributed by atoms with E-state index in [9.17, 15) is 4.79 Å². The van der Waals surface area contributed by atoms with Gasteiger partial charge in [0.15, 0.2) is 0 Å². The molecule has 0 bridgehead atoms. The fourth-order valence-corrected chi connectivity index (χ4v) is 3.01. The third kappa shape index (κ3) is 3.85. The van der Waals surface area contributed by atoms with E-state index in [0.717, 1.165) is 13.1 Å². The summed E-state index contributed by atoms with van der Waals surface area (Å²) in [5, 5.41) is 3.36. The number of hydrogen-bond acceptors (Lipinski definition) is 3. The minimum absolute atomic E-state index is 0.0340. The summed E-state index contributed by atoms with van der Waals surface area (Å²) in [7, 11) is 0. The fraction of sp³-hybridized carbons (Fsp3) is 0.533. The molecule has 1 N–H and O–H groups in total. The molecule has 5 heteroatoms. The molecule has 1 atom stereocenters. The normalized spacial score (nSPS) is 19.8. The van der Waals surface area contributed by atoms with Crippen LogP contribution in [0.15, 0.2) is 24.3 Å². The number of nitrogens with zero attached hydrogens (tertiary/aromatic N) is 1. The van der Waals surface area contributed by atoms with Crippen molar-refractivity contribution in [3.05, 3.63) is 33.4 Å². The predicted octanol–water partition coefficient (Wildman–Crippen LogP) is 3.17. The number of amides is 1. The van der Waals surface area contributed by atoms with Crippen molar-refractivity contribution in [2.75, 3.05) is 19.6 Å². The molecule has 1 saturated heterocycles. The van der Waals surface area contributed by atoms with Gasteiger partial charge in [-0.2, -0.15) is 0 Å². The Balaban J connectivity index is 2.22. The van der Waals surface area contributed by atoms with Gasteiger partial charge >= 0.3 is 6.09 Å². The summed E-state index contributed by atoms with van der Waals surface area (Å²) in [4.78, 5) is 14.2. The van der Waals surface area contributed by atoms with Gasteiger partial charge in [-0.3, -0.25) is 4.90 Å². The molecule has 1 aromatic carbocycles. The molecule has 1 aliphatic rings. The first-order valence-corrected chi connectivity index (χ1v) is 7.91. The van der Waals surface area contributed by atoms with Gasteiger partial charge in [0.2, 0.25) is 0 Å². The monoisotopic (exact) mass is 388 g/mol. The first-order valence-electron chi connectivity index (χ1n) is 6.83. The van der Waals surface area contributed by atoms with Crippen LogP contribution < -0.4 is 5.32 Å². The van der Waals surface area contributed by atoms with E-state index in [1.807, 2.05) is 37.8 Å². The maximum atomic E-state index is 12.4. The van der Waals surface area contributed by atoms with Gasteiger partial charge in [-0.25, -0.2) is 4.79 Å². The van der Waals surface area contributed by atoms with Crippen LogP contribution in [0.3, 0.4) is 0 Å². The van der Waals surface area contributed by atoms with Crippen LogP contribution in [0.1, 0.15) is 32.4 Å². The Morgan fingerprint density at radius 1 is 1.40 bits per heavy atom. The van der Waals surface area contributed by atoms with Crippen molar-refractivity contribution in [1.29, 1.82) is 0 Å².